The second kappa shape index (κ2) is 4.86. The third-order valence-corrected chi connectivity index (χ3v) is 2.27. The molecular formula is C8H8F4N2OS. The SMILES string of the molecule is CCSc1nc(OC)c(F)c(C(F)(F)F)n1. The molecule has 1 aromatic rings. The summed E-state index contributed by atoms with van der Waals surface area (Å²) in [5, 5.41) is -0.159. The van der Waals surface area contributed by atoms with Crippen molar-refractivity contribution < 1.29 is 22.3 Å². The zero-order chi connectivity index (χ0) is 12.3. The smallest absolute Gasteiger partial charge is 0.436 e. The molecule has 0 fully saturated rings. The number of thioether (sulfide) groups is 1. The topological polar surface area (TPSA) is 35.0 Å². The fraction of sp³-hybridized carbons (Fsp3) is 0.500. The van der Waals surface area contributed by atoms with Crippen molar-refractivity contribution in [1.29, 1.82) is 0 Å². The molecule has 16 heavy (non-hydrogen) atoms. The van der Waals surface area contributed by atoms with E-state index in [0.717, 1.165) is 18.9 Å². The van der Waals surface area contributed by atoms with Gasteiger partial charge in [0, 0.05) is 0 Å². The highest BCUT2D eigenvalue weighted by Gasteiger charge is 2.38. The van der Waals surface area contributed by atoms with E-state index >= 15 is 0 Å². The van der Waals surface area contributed by atoms with Gasteiger partial charge in [0.2, 0.25) is 5.82 Å². The van der Waals surface area contributed by atoms with Crippen LogP contribution in [0.2, 0.25) is 0 Å². The average molecular weight is 256 g/mol. The summed E-state index contributed by atoms with van der Waals surface area (Å²) in [6.07, 6.45) is -4.86. The fourth-order valence-electron chi connectivity index (χ4n) is 0.924. The lowest BCUT2D eigenvalue weighted by Crippen LogP contribution is -2.14. The van der Waals surface area contributed by atoms with Gasteiger partial charge in [-0.15, -0.1) is 0 Å². The molecule has 0 N–H and O–H groups in total. The molecule has 0 bridgehead atoms. The second-order valence-electron chi connectivity index (χ2n) is 2.61. The molecule has 0 aliphatic rings. The largest absolute Gasteiger partial charge is 0.479 e. The third kappa shape index (κ3) is 2.75. The maximum Gasteiger partial charge on any atom is 0.436 e. The van der Waals surface area contributed by atoms with Gasteiger partial charge in [-0.25, -0.2) is 4.98 Å². The maximum absolute atomic E-state index is 13.2. The number of hydrogen-bond donors (Lipinski definition) is 0. The summed E-state index contributed by atoms with van der Waals surface area (Å²) in [4.78, 5) is 6.62. The summed E-state index contributed by atoms with van der Waals surface area (Å²) in [7, 11) is 1.05. The number of methoxy groups -OCH3 is 1. The average Bonchev–Trinajstić information content (AvgIpc) is 2.19. The van der Waals surface area contributed by atoms with Crippen molar-refractivity contribution in [3.05, 3.63) is 11.5 Å². The molecular weight excluding hydrogens is 248 g/mol. The van der Waals surface area contributed by atoms with Crippen LogP contribution >= 0.6 is 11.8 Å². The Kier molecular flexibility index (Phi) is 3.95. The van der Waals surface area contributed by atoms with Crippen LogP contribution in [-0.2, 0) is 6.18 Å². The standard InChI is InChI=1S/C8H8F4N2OS/c1-3-16-7-13-5(8(10,11)12)4(9)6(14-7)15-2/h3H2,1-2H3. The third-order valence-electron chi connectivity index (χ3n) is 1.54. The zero-order valence-electron chi connectivity index (χ0n) is 8.43. The van der Waals surface area contributed by atoms with Crippen LogP contribution in [0, 0.1) is 5.82 Å². The van der Waals surface area contributed by atoms with E-state index in [4.69, 9.17) is 0 Å². The molecule has 0 saturated carbocycles. The lowest BCUT2D eigenvalue weighted by Gasteiger charge is -2.10. The van der Waals surface area contributed by atoms with Crippen LogP contribution in [0.15, 0.2) is 5.16 Å². The summed E-state index contributed by atoms with van der Waals surface area (Å²) < 4.78 is 54.8. The molecule has 3 nitrogen and oxygen atoms in total. The summed E-state index contributed by atoms with van der Waals surface area (Å²) in [6, 6.07) is 0. The van der Waals surface area contributed by atoms with Gasteiger partial charge in [-0.05, 0) is 5.75 Å². The summed E-state index contributed by atoms with van der Waals surface area (Å²) in [6.45, 7) is 1.72. The highest BCUT2D eigenvalue weighted by atomic mass is 32.2. The first-order valence-corrected chi connectivity index (χ1v) is 5.20. The lowest BCUT2D eigenvalue weighted by atomic mass is 10.4. The first-order chi connectivity index (χ1) is 7.40. The van der Waals surface area contributed by atoms with Crippen molar-refractivity contribution >= 4 is 11.8 Å². The van der Waals surface area contributed by atoms with Crippen LogP contribution in [-0.4, -0.2) is 22.8 Å². The van der Waals surface area contributed by atoms with Crippen molar-refractivity contribution in [3.63, 3.8) is 0 Å². The van der Waals surface area contributed by atoms with Crippen molar-refractivity contribution in [2.75, 3.05) is 12.9 Å². The molecule has 0 spiro atoms. The quantitative estimate of drug-likeness (QED) is 0.473. The Morgan fingerprint density at radius 1 is 1.31 bits per heavy atom. The van der Waals surface area contributed by atoms with Crippen LogP contribution in [0.25, 0.3) is 0 Å². The number of nitrogens with zero attached hydrogens (tertiary/aromatic N) is 2. The van der Waals surface area contributed by atoms with Crippen LogP contribution in [0.1, 0.15) is 12.6 Å². The van der Waals surface area contributed by atoms with E-state index < -0.39 is 23.6 Å². The minimum atomic E-state index is -4.86. The molecule has 0 radical (unpaired) electrons. The highest BCUT2D eigenvalue weighted by Crippen LogP contribution is 2.33. The monoisotopic (exact) mass is 256 g/mol. The van der Waals surface area contributed by atoms with Crippen molar-refractivity contribution in [2.24, 2.45) is 0 Å². The first-order valence-electron chi connectivity index (χ1n) is 4.21. The van der Waals surface area contributed by atoms with Gasteiger partial charge in [0.25, 0.3) is 5.88 Å². The molecule has 0 atom stereocenters. The zero-order valence-corrected chi connectivity index (χ0v) is 9.25. The van der Waals surface area contributed by atoms with Gasteiger partial charge in [0.1, 0.15) is 0 Å². The number of rotatable bonds is 3. The Morgan fingerprint density at radius 2 is 1.94 bits per heavy atom. The Morgan fingerprint density at radius 3 is 2.38 bits per heavy atom. The molecule has 1 rings (SSSR count). The molecule has 0 unspecified atom stereocenters. The molecule has 8 heteroatoms. The molecule has 0 aliphatic carbocycles. The van der Waals surface area contributed by atoms with E-state index in [9.17, 15) is 17.6 Å². The second-order valence-corrected chi connectivity index (χ2v) is 3.84. The van der Waals surface area contributed by atoms with Crippen molar-refractivity contribution in [1.82, 2.24) is 9.97 Å². The van der Waals surface area contributed by atoms with Gasteiger partial charge in [-0.3, -0.25) is 0 Å². The minimum Gasteiger partial charge on any atom is -0.479 e. The predicted molar refractivity (Wildman–Crippen MR) is 49.9 cm³/mol. The maximum atomic E-state index is 13.2. The van der Waals surface area contributed by atoms with E-state index in [0.29, 0.717) is 5.75 Å². The van der Waals surface area contributed by atoms with Gasteiger partial charge in [-0.2, -0.15) is 22.5 Å². The minimum absolute atomic E-state index is 0.159. The lowest BCUT2D eigenvalue weighted by molar-refractivity contribution is -0.144. The predicted octanol–water partition coefficient (Wildman–Crippen LogP) is 2.76. The van der Waals surface area contributed by atoms with Gasteiger partial charge < -0.3 is 4.74 Å². The number of halogens is 4. The van der Waals surface area contributed by atoms with Gasteiger partial charge >= 0.3 is 6.18 Å². The molecule has 90 valence electrons. The summed E-state index contributed by atoms with van der Waals surface area (Å²) in [5.74, 6) is -1.81. The van der Waals surface area contributed by atoms with Gasteiger partial charge in [-0.1, -0.05) is 18.7 Å². The fourth-order valence-corrected chi connectivity index (χ4v) is 1.49. The molecule has 0 saturated heterocycles. The number of aromatic nitrogens is 2. The van der Waals surface area contributed by atoms with E-state index in [2.05, 4.69) is 14.7 Å². The normalized spacial score (nSPS) is 11.6. The van der Waals surface area contributed by atoms with E-state index in [1.807, 2.05) is 0 Å². The Labute approximate surface area is 93.2 Å². The molecule has 1 heterocycles. The molecule has 0 amide bonds. The van der Waals surface area contributed by atoms with E-state index in [1.54, 1.807) is 6.92 Å². The number of hydrogen-bond acceptors (Lipinski definition) is 4. The van der Waals surface area contributed by atoms with Crippen molar-refractivity contribution in [3.8, 4) is 5.88 Å². The van der Waals surface area contributed by atoms with Crippen LogP contribution in [0.4, 0.5) is 17.6 Å². The Balaban J connectivity index is 3.30. The molecule has 0 aliphatic heterocycles. The number of alkyl halides is 3. The van der Waals surface area contributed by atoms with E-state index in [-0.39, 0.29) is 5.16 Å². The van der Waals surface area contributed by atoms with Crippen LogP contribution < -0.4 is 4.74 Å². The van der Waals surface area contributed by atoms with Gasteiger partial charge in [0.05, 0.1) is 7.11 Å². The highest BCUT2D eigenvalue weighted by molar-refractivity contribution is 7.99. The molecule has 0 aromatic carbocycles. The van der Waals surface area contributed by atoms with E-state index in [1.165, 1.54) is 0 Å². The van der Waals surface area contributed by atoms with Crippen molar-refractivity contribution in [2.45, 2.75) is 18.3 Å². The Hall–Kier alpha value is -1.05. The van der Waals surface area contributed by atoms with Crippen LogP contribution in [0.3, 0.4) is 0 Å². The summed E-state index contributed by atoms with van der Waals surface area (Å²) >= 11 is 0.975. The van der Waals surface area contributed by atoms with Gasteiger partial charge in [0.15, 0.2) is 10.9 Å². The molecule has 1 aromatic heterocycles. The Bertz CT molecular complexity index is 383. The number of ether oxygens (including phenoxy) is 1. The van der Waals surface area contributed by atoms with Crippen LogP contribution in [0.5, 0.6) is 5.88 Å². The summed E-state index contributed by atoms with van der Waals surface area (Å²) in [5.41, 5.74) is -1.60. The first kappa shape index (κ1) is 13.0.